The van der Waals surface area contributed by atoms with Crippen LogP contribution in [0.4, 0.5) is 4.79 Å². The molecule has 1 heterocycles. The van der Waals surface area contributed by atoms with Gasteiger partial charge in [-0.3, -0.25) is 19.3 Å². The fourth-order valence-corrected chi connectivity index (χ4v) is 3.07. The summed E-state index contributed by atoms with van der Waals surface area (Å²) in [7, 11) is 0. The lowest BCUT2D eigenvalue weighted by atomic mass is 10.2. The van der Waals surface area contributed by atoms with Gasteiger partial charge in [-0.25, -0.2) is 0 Å². The number of carbonyl (C=O) groups is 3. The Morgan fingerprint density at radius 3 is 2.59 bits per heavy atom. The standard InChI is InChI=1S/C15H15NO4S2/c1-3-20-13(17)9-16-14(18)12(22-15(16)19)8-10-4-6-11(21-2)7-5-10/h4-8H,3,9H2,1-2H3/b12-8-. The van der Waals surface area contributed by atoms with Crippen LogP contribution in [0.2, 0.25) is 0 Å². The van der Waals surface area contributed by atoms with Crippen LogP contribution in [-0.4, -0.2) is 41.4 Å². The van der Waals surface area contributed by atoms with Crippen molar-refractivity contribution in [2.24, 2.45) is 0 Å². The Morgan fingerprint density at radius 2 is 2.00 bits per heavy atom. The van der Waals surface area contributed by atoms with E-state index in [2.05, 4.69) is 0 Å². The van der Waals surface area contributed by atoms with Crippen LogP contribution in [0.5, 0.6) is 0 Å². The minimum atomic E-state index is -0.588. The van der Waals surface area contributed by atoms with Gasteiger partial charge in [-0.15, -0.1) is 11.8 Å². The van der Waals surface area contributed by atoms with Gasteiger partial charge in [0.1, 0.15) is 6.54 Å². The highest BCUT2D eigenvalue weighted by molar-refractivity contribution is 8.18. The van der Waals surface area contributed by atoms with Gasteiger partial charge in [-0.1, -0.05) is 12.1 Å². The van der Waals surface area contributed by atoms with Crippen LogP contribution in [-0.2, 0) is 14.3 Å². The third kappa shape index (κ3) is 3.92. The smallest absolute Gasteiger partial charge is 0.326 e. The summed E-state index contributed by atoms with van der Waals surface area (Å²) in [6, 6.07) is 7.65. The van der Waals surface area contributed by atoms with Gasteiger partial charge in [0.05, 0.1) is 11.5 Å². The Morgan fingerprint density at radius 1 is 1.32 bits per heavy atom. The highest BCUT2D eigenvalue weighted by Gasteiger charge is 2.36. The van der Waals surface area contributed by atoms with Crippen molar-refractivity contribution in [1.82, 2.24) is 4.90 Å². The molecular weight excluding hydrogens is 322 g/mol. The lowest BCUT2D eigenvalue weighted by Gasteiger charge is -2.10. The molecule has 1 saturated heterocycles. The van der Waals surface area contributed by atoms with Gasteiger partial charge in [0, 0.05) is 4.90 Å². The molecule has 7 heteroatoms. The van der Waals surface area contributed by atoms with Crippen LogP contribution in [0.15, 0.2) is 34.1 Å². The Balaban J connectivity index is 2.12. The van der Waals surface area contributed by atoms with Crippen molar-refractivity contribution in [3.05, 3.63) is 34.7 Å². The van der Waals surface area contributed by atoms with E-state index in [9.17, 15) is 14.4 Å². The molecule has 0 bridgehead atoms. The molecule has 0 aromatic heterocycles. The van der Waals surface area contributed by atoms with Crippen LogP contribution in [0.1, 0.15) is 12.5 Å². The third-order valence-corrected chi connectivity index (χ3v) is 4.53. The van der Waals surface area contributed by atoms with Crippen LogP contribution in [0, 0.1) is 0 Å². The van der Waals surface area contributed by atoms with Gasteiger partial charge in [0.25, 0.3) is 11.1 Å². The quantitative estimate of drug-likeness (QED) is 0.467. The molecule has 2 amide bonds. The van der Waals surface area contributed by atoms with Crippen LogP contribution < -0.4 is 0 Å². The number of nitrogens with zero attached hydrogens (tertiary/aromatic N) is 1. The van der Waals surface area contributed by atoms with E-state index in [0.717, 1.165) is 27.1 Å². The second-order valence-corrected chi connectivity index (χ2v) is 6.22. The molecule has 1 aliphatic rings. The number of benzene rings is 1. The number of esters is 1. The van der Waals surface area contributed by atoms with E-state index in [1.807, 2.05) is 30.5 Å². The SMILES string of the molecule is CCOC(=O)CN1C(=O)S/C(=C\c2ccc(SC)cc2)C1=O. The summed E-state index contributed by atoms with van der Waals surface area (Å²) in [5, 5.41) is -0.454. The largest absolute Gasteiger partial charge is 0.465 e. The van der Waals surface area contributed by atoms with Gasteiger partial charge in [-0.2, -0.15) is 0 Å². The lowest BCUT2D eigenvalue weighted by molar-refractivity contribution is -0.145. The number of rotatable bonds is 5. The van der Waals surface area contributed by atoms with Gasteiger partial charge in [-0.05, 0) is 48.7 Å². The molecule has 22 heavy (non-hydrogen) atoms. The monoisotopic (exact) mass is 337 g/mol. The maximum atomic E-state index is 12.2. The molecule has 0 radical (unpaired) electrons. The molecule has 116 valence electrons. The van der Waals surface area contributed by atoms with E-state index in [4.69, 9.17) is 4.74 Å². The zero-order valence-corrected chi connectivity index (χ0v) is 13.8. The second-order valence-electron chi connectivity index (χ2n) is 4.35. The Labute approximate surface area is 137 Å². The van der Waals surface area contributed by atoms with E-state index in [-0.39, 0.29) is 13.2 Å². The molecule has 0 unspecified atom stereocenters. The first-order valence-corrected chi connectivity index (χ1v) is 8.64. The molecular formula is C15H15NO4S2. The summed E-state index contributed by atoms with van der Waals surface area (Å²) in [4.78, 5) is 37.8. The zero-order valence-electron chi connectivity index (χ0n) is 12.2. The molecule has 0 atom stereocenters. The summed E-state index contributed by atoms with van der Waals surface area (Å²) in [5.41, 5.74) is 0.833. The summed E-state index contributed by atoms with van der Waals surface area (Å²) in [6.07, 6.45) is 3.63. The molecule has 1 fully saturated rings. The van der Waals surface area contributed by atoms with Crippen molar-refractivity contribution >= 4 is 46.7 Å². The van der Waals surface area contributed by atoms with Gasteiger partial charge < -0.3 is 4.74 Å². The van der Waals surface area contributed by atoms with Crippen LogP contribution in [0.25, 0.3) is 6.08 Å². The molecule has 1 aromatic carbocycles. The average Bonchev–Trinajstić information content (AvgIpc) is 2.76. The Hall–Kier alpha value is -1.73. The molecule has 1 aromatic rings. The summed E-state index contributed by atoms with van der Waals surface area (Å²) < 4.78 is 4.76. The van der Waals surface area contributed by atoms with Crippen molar-refractivity contribution in [2.45, 2.75) is 11.8 Å². The van der Waals surface area contributed by atoms with Crippen LogP contribution >= 0.6 is 23.5 Å². The normalized spacial score (nSPS) is 16.5. The first kappa shape index (κ1) is 16.6. The van der Waals surface area contributed by atoms with Crippen molar-refractivity contribution in [2.75, 3.05) is 19.4 Å². The van der Waals surface area contributed by atoms with E-state index in [1.165, 1.54) is 0 Å². The molecule has 1 aliphatic heterocycles. The van der Waals surface area contributed by atoms with Gasteiger partial charge >= 0.3 is 5.97 Å². The number of amides is 2. The molecule has 0 spiro atoms. The third-order valence-electron chi connectivity index (χ3n) is 2.88. The number of hydrogen-bond acceptors (Lipinski definition) is 6. The molecule has 2 rings (SSSR count). The number of carbonyl (C=O) groups excluding carboxylic acids is 3. The molecule has 0 N–H and O–H groups in total. The van der Waals surface area contributed by atoms with Crippen LogP contribution in [0.3, 0.4) is 0 Å². The predicted molar refractivity (Wildman–Crippen MR) is 87.5 cm³/mol. The summed E-state index contributed by atoms with van der Waals surface area (Å²) in [6.45, 7) is 1.54. The molecule has 0 aliphatic carbocycles. The Kier molecular flexibility index (Phi) is 5.68. The number of hydrogen-bond donors (Lipinski definition) is 0. The fourth-order valence-electron chi connectivity index (χ4n) is 1.82. The molecule has 5 nitrogen and oxygen atoms in total. The number of ether oxygens (including phenoxy) is 1. The maximum Gasteiger partial charge on any atom is 0.326 e. The lowest BCUT2D eigenvalue weighted by Crippen LogP contribution is -2.34. The fraction of sp³-hybridized carbons (Fsp3) is 0.267. The van der Waals surface area contributed by atoms with E-state index < -0.39 is 17.1 Å². The minimum absolute atomic E-state index is 0.215. The van der Waals surface area contributed by atoms with Gasteiger partial charge in [0.15, 0.2) is 0 Å². The van der Waals surface area contributed by atoms with Crippen molar-refractivity contribution in [3.8, 4) is 0 Å². The predicted octanol–water partition coefficient (Wildman–Crippen LogP) is 3.01. The van der Waals surface area contributed by atoms with Crippen molar-refractivity contribution in [3.63, 3.8) is 0 Å². The number of thioether (sulfide) groups is 2. The first-order chi connectivity index (χ1) is 10.5. The van der Waals surface area contributed by atoms with E-state index >= 15 is 0 Å². The molecule has 0 saturated carbocycles. The van der Waals surface area contributed by atoms with Crippen molar-refractivity contribution in [1.29, 1.82) is 0 Å². The first-order valence-electron chi connectivity index (χ1n) is 6.60. The Bertz CT molecular complexity index is 625. The zero-order chi connectivity index (χ0) is 16.1. The van der Waals surface area contributed by atoms with E-state index in [1.54, 1.807) is 24.8 Å². The van der Waals surface area contributed by atoms with E-state index in [0.29, 0.717) is 4.91 Å². The highest BCUT2D eigenvalue weighted by atomic mass is 32.2. The minimum Gasteiger partial charge on any atom is -0.465 e. The van der Waals surface area contributed by atoms with Crippen molar-refractivity contribution < 1.29 is 19.1 Å². The number of imide groups is 1. The highest BCUT2D eigenvalue weighted by Crippen LogP contribution is 2.32. The summed E-state index contributed by atoms with van der Waals surface area (Å²) in [5.74, 6) is -1.05. The second kappa shape index (κ2) is 7.51. The average molecular weight is 337 g/mol. The maximum absolute atomic E-state index is 12.2. The summed E-state index contributed by atoms with van der Waals surface area (Å²) >= 11 is 2.46. The topological polar surface area (TPSA) is 63.7 Å². The van der Waals surface area contributed by atoms with Gasteiger partial charge in [0.2, 0.25) is 0 Å².